The molecule has 0 heterocycles. The molecule has 0 radical (unpaired) electrons. The van der Waals surface area contributed by atoms with Crippen LogP contribution in [0.4, 0.5) is 0 Å². The lowest BCUT2D eigenvalue weighted by atomic mass is 9.69. The average molecular weight is 212 g/mol. The number of likely N-dealkylation sites (N-methyl/N-ethyl adjacent to an activating group) is 1. The molecule has 1 rings (SSSR count). The summed E-state index contributed by atoms with van der Waals surface area (Å²) < 4.78 is 0. The van der Waals surface area contributed by atoms with Crippen molar-refractivity contribution in [1.29, 1.82) is 0 Å². The van der Waals surface area contributed by atoms with Crippen molar-refractivity contribution in [3.8, 4) is 0 Å². The molecule has 0 amide bonds. The highest BCUT2D eigenvalue weighted by Gasteiger charge is 2.41. The van der Waals surface area contributed by atoms with Gasteiger partial charge < -0.3 is 5.73 Å². The molecule has 0 aliphatic heterocycles. The van der Waals surface area contributed by atoms with Crippen molar-refractivity contribution in [2.45, 2.75) is 52.0 Å². The molecule has 15 heavy (non-hydrogen) atoms. The Hall–Kier alpha value is -0.0800. The smallest absolute Gasteiger partial charge is 0.0354 e. The Labute approximate surface area is 95.2 Å². The fourth-order valence-electron chi connectivity index (χ4n) is 3.27. The molecule has 2 nitrogen and oxygen atoms in total. The van der Waals surface area contributed by atoms with Crippen molar-refractivity contribution >= 4 is 0 Å². The third kappa shape index (κ3) is 2.54. The normalized spacial score (nSPS) is 37.2. The molecule has 3 unspecified atom stereocenters. The van der Waals surface area contributed by atoms with Crippen LogP contribution >= 0.6 is 0 Å². The van der Waals surface area contributed by atoms with E-state index in [1.165, 1.54) is 32.2 Å². The van der Waals surface area contributed by atoms with Gasteiger partial charge >= 0.3 is 0 Å². The summed E-state index contributed by atoms with van der Waals surface area (Å²) in [7, 11) is 2.25. The van der Waals surface area contributed by atoms with Crippen molar-refractivity contribution < 1.29 is 0 Å². The highest BCUT2D eigenvalue weighted by atomic mass is 15.2. The second kappa shape index (κ2) is 5.31. The van der Waals surface area contributed by atoms with E-state index in [0.29, 0.717) is 0 Å². The van der Waals surface area contributed by atoms with E-state index in [0.717, 1.165) is 18.4 Å². The molecule has 2 heteroatoms. The summed E-state index contributed by atoms with van der Waals surface area (Å²) in [5.41, 5.74) is 6.34. The van der Waals surface area contributed by atoms with E-state index in [1.807, 2.05) is 0 Å². The summed E-state index contributed by atoms with van der Waals surface area (Å²) in [5.74, 6) is 1.62. The van der Waals surface area contributed by atoms with Gasteiger partial charge in [-0.3, -0.25) is 4.90 Å². The SMILES string of the molecule is CCCN(C)C1(CN)CCC(C)CC1C. The van der Waals surface area contributed by atoms with Gasteiger partial charge in [-0.25, -0.2) is 0 Å². The first kappa shape index (κ1) is 13.0. The van der Waals surface area contributed by atoms with Gasteiger partial charge in [0.15, 0.2) is 0 Å². The molecule has 0 aromatic heterocycles. The van der Waals surface area contributed by atoms with Gasteiger partial charge in [-0.05, 0) is 51.1 Å². The maximum atomic E-state index is 6.06. The lowest BCUT2D eigenvalue weighted by Gasteiger charge is -2.50. The summed E-state index contributed by atoms with van der Waals surface area (Å²) in [6.07, 6.45) is 5.18. The van der Waals surface area contributed by atoms with Gasteiger partial charge in [0.1, 0.15) is 0 Å². The minimum Gasteiger partial charge on any atom is -0.329 e. The molecule has 1 saturated carbocycles. The summed E-state index contributed by atoms with van der Waals surface area (Å²) in [6.45, 7) is 9.00. The van der Waals surface area contributed by atoms with Crippen LogP contribution in [-0.4, -0.2) is 30.6 Å². The molecule has 0 bridgehead atoms. The van der Waals surface area contributed by atoms with E-state index in [1.54, 1.807) is 0 Å². The summed E-state index contributed by atoms with van der Waals surface area (Å²) >= 11 is 0. The number of nitrogens with two attached hydrogens (primary N) is 1. The van der Waals surface area contributed by atoms with E-state index < -0.39 is 0 Å². The van der Waals surface area contributed by atoms with E-state index in [4.69, 9.17) is 5.73 Å². The van der Waals surface area contributed by atoms with Gasteiger partial charge in [0.05, 0.1) is 0 Å². The maximum absolute atomic E-state index is 6.06. The zero-order valence-electron chi connectivity index (χ0n) is 10.9. The van der Waals surface area contributed by atoms with E-state index in [9.17, 15) is 0 Å². The topological polar surface area (TPSA) is 29.3 Å². The van der Waals surface area contributed by atoms with Crippen molar-refractivity contribution in [2.75, 3.05) is 20.1 Å². The standard InChI is InChI=1S/C13H28N2/c1-5-8-15(4)13(10-14)7-6-11(2)9-12(13)3/h11-12H,5-10,14H2,1-4H3. The van der Waals surface area contributed by atoms with Crippen molar-refractivity contribution in [1.82, 2.24) is 4.90 Å². The number of hydrogen-bond acceptors (Lipinski definition) is 2. The Kier molecular flexibility index (Phi) is 4.60. The first-order chi connectivity index (χ1) is 7.06. The predicted octanol–water partition coefficient (Wildman–Crippen LogP) is 2.48. The Balaban J connectivity index is 2.74. The quantitative estimate of drug-likeness (QED) is 0.776. The highest BCUT2D eigenvalue weighted by Crippen LogP contribution is 2.39. The van der Waals surface area contributed by atoms with Gasteiger partial charge in [-0.1, -0.05) is 20.8 Å². The van der Waals surface area contributed by atoms with E-state index >= 15 is 0 Å². The summed E-state index contributed by atoms with van der Waals surface area (Å²) in [6, 6.07) is 0. The second-order valence-corrected chi connectivity index (χ2v) is 5.51. The molecule has 0 saturated heterocycles. The number of rotatable bonds is 4. The highest BCUT2D eigenvalue weighted by molar-refractivity contribution is 4.98. The van der Waals surface area contributed by atoms with Crippen LogP contribution in [-0.2, 0) is 0 Å². The van der Waals surface area contributed by atoms with E-state index in [2.05, 4.69) is 32.7 Å². The van der Waals surface area contributed by atoms with E-state index in [-0.39, 0.29) is 5.54 Å². The van der Waals surface area contributed by atoms with Crippen LogP contribution < -0.4 is 5.73 Å². The minimum atomic E-state index is 0.280. The Morgan fingerprint density at radius 3 is 2.53 bits per heavy atom. The Morgan fingerprint density at radius 1 is 1.40 bits per heavy atom. The molecular weight excluding hydrogens is 184 g/mol. The fourth-order valence-corrected chi connectivity index (χ4v) is 3.27. The lowest BCUT2D eigenvalue weighted by Crippen LogP contribution is -2.58. The minimum absolute atomic E-state index is 0.280. The second-order valence-electron chi connectivity index (χ2n) is 5.51. The van der Waals surface area contributed by atoms with Crippen LogP contribution in [0.25, 0.3) is 0 Å². The van der Waals surface area contributed by atoms with Crippen molar-refractivity contribution in [2.24, 2.45) is 17.6 Å². The van der Waals surface area contributed by atoms with Crippen LogP contribution in [0.1, 0.15) is 46.5 Å². The Morgan fingerprint density at radius 2 is 2.07 bits per heavy atom. The average Bonchev–Trinajstić information content (AvgIpc) is 2.19. The predicted molar refractivity (Wildman–Crippen MR) is 66.9 cm³/mol. The molecule has 0 aromatic carbocycles. The number of hydrogen-bond donors (Lipinski definition) is 1. The van der Waals surface area contributed by atoms with Crippen LogP contribution in [0.15, 0.2) is 0 Å². The van der Waals surface area contributed by atoms with Gasteiger partial charge in [0, 0.05) is 12.1 Å². The zero-order chi connectivity index (χ0) is 11.5. The van der Waals surface area contributed by atoms with Gasteiger partial charge in [-0.15, -0.1) is 0 Å². The monoisotopic (exact) mass is 212 g/mol. The van der Waals surface area contributed by atoms with Crippen LogP contribution in [0, 0.1) is 11.8 Å². The summed E-state index contributed by atoms with van der Waals surface area (Å²) in [5, 5.41) is 0. The molecule has 3 atom stereocenters. The molecule has 1 fully saturated rings. The van der Waals surface area contributed by atoms with Gasteiger partial charge in [0.2, 0.25) is 0 Å². The number of nitrogens with zero attached hydrogens (tertiary/aromatic N) is 1. The maximum Gasteiger partial charge on any atom is 0.0354 e. The molecular formula is C13H28N2. The van der Waals surface area contributed by atoms with Crippen LogP contribution in [0.3, 0.4) is 0 Å². The molecule has 0 spiro atoms. The first-order valence-electron chi connectivity index (χ1n) is 6.48. The van der Waals surface area contributed by atoms with Crippen molar-refractivity contribution in [3.05, 3.63) is 0 Å². The zero-order valence-corrected chi connectivity index (χ0v) is 10.9. The van der Waals surface area contributed by atoms with Crippen LogP contribution in [0.2, 0.25) is 0 Å². The van der Waals surface area contributed by atoms with Gasteiger partial charge in [0.25, 0.3) is 0 Å². The van der Waals surface area contributed by atoms with Crippen LogP contribution in [0.5, 0.6) is 0 Å². The first-order valence-corrected chi connectivity index (χ1v) is 6.48. The fraction of sp³-hybridized carbons (Fsp3) is 1.00. The largest absolute Gasteiger partial charge is 0.329 e. The lowest BCUT2D eigenvalue weighted by molar-refractivity contribution is 0.0184. The molecule has 1 aliphatic carbocycles. The van der Waals surface area contributed by atoms with Gasteiger partial charge in [-0.2, -0.15) is 0 Å². The Bertz CT molecular complexity index is 187. The molecule has 0 aromatic rings. The molecule has 90 valence electrons. The molecule has 1 aliphatic rings. The van der Waals surface area contributed by atoms with Crippen molar-refractivity contribution in [3.63, 3.8) is 0 Å². The summed E-state index contributed by atoms with van der Waals surface area (Å²) in [4.78, 5) is 2.52. The third-order valence-electron chi connectivity index (χ3n) is 4.42. The third-order valence-corrected chi connectivity index (χ3v) is 4.42. The molecule has 2 N–H and O–H groups in total.